The van der Waals surface area contributed by atoms with Crippen LogP contribution in [-0.4, -0.2) is 21.6 Å². The van der Waals surface area contributed by atoms with Gasteiger partial charge in [-0.15, -0.1) is 0 Å². The van der Waals surface area contributed by atoms with Gasteiger partial charge in [0.1, 0.15) is 17.1 Å². The average molecular weight is 258 g/mol. The highest BCUT2D eigenvalue weighted by Crippen LogP contribution is 2.26. The van der Waals surface area contributed by atoms with Crippen LogP contribution in [0, 0.1) is 0 Å². The topological polar surface area (TPSA) is 77.8 Å². The van der Waals surface area contributed by atoms with Crippen LogP contribution in [0.25, 0.3) is 0 Å². The fourth-order valence-corrected chi connectivity index (χ4v) is 1.89. The number of hydrogen-bond donors (Lipinski definition) is 3. The highest BCUT2D eigenvalue weighted by atomic mass is 16.3. The van der Waals surface area contributed by atoms with E-state index in [0.29, 0.717) is 11.8 Å². The molecule has 19 heavy (non-hydrogen) atoms. The predicted molar refractivity (Wildman–Crippen MR) is 69.9 cm³/mol. The molecule has 0 aliphatic heterocycles. The molecule has 4 heteroatoms. The van der Waals surface area contributed by atoms with E-state index in [2.05, 4.69) is 0 Å². The van der Waals surface area contributed by atoms with Crippen molar-refractivity contribution in [3.63, 3.8) is 0 Å². The number of rotatable bonds is 4. The number of carbonyl (C=O) groups excluding carboxylic acids is 1. The van der Waals surface area contributed by atoms with Gasteiger partial charge in [-0.3, -0.25) is 4.79 Å². The Morgan fingerprint density at radius 3 is 1.84 bits per heavy atom. The fraction of sp³-hybridized carbons (Fsp3) is 0.133. The third-order valence-corrected chi connectivity index (χ3v) is 2.97. The number of aromatic hydroxyl groups is 2. The molecule has 2 aromatic rings. The first-order valence-electron chi connectivity index (χ1n) is 5.80. The third kappa shape index (κ3) is 2.92. The summed E-state index contributed by atoms with van der Waals surface area (Å²) in [6, 6.07) is 12.1. The van der Waals surface area contributed by atoms with Crippen LogP contribution in [0.3, 0.4) is 0 Å². The van der Waals surface area contributed by atoms with Crippen molar-refractivity contribution in [2.75, 3.05) is 0 Å². The maximum atomic E-state index is 11.2. The van der Waals surface area contributed by atoms with Crippen molar-refractivity contribution in [3.05, 3.63) is 59.7 Å². The molecule has 0 spiro atoms. The highest BCUT2D eigenvalue weighted by Gasteiger charge is 2.29. The van der Waals surface area contributed by atoms with Crippen molar-refractivity contribution in [1.82, 2.24) is 0 Å². The largest absolute Gasteiger partial charge is 0.508 e. The molecule has 0 saturated heterocycles. The van der Waals surface area contributed by atoms with Crippen LogP contribution < -0.4 is 0 Å². The Bertz CT molecular complexity index is 560. The first kappa shape index (κ1) is 13.1. The van der Waals surface area contributed by atoms with E-state index < -0.39 is 5.60 Å². The quantitative estimate of drug-likeness (QED) is 0.730. The fourth-order valence-electron chi connectivity index (χ4n) is 1.89. The molecule has 0 amide bonds. The molecule has 2 rings (SSSR count). The molecule has 0 aliphatic rings. The lowest BCUT2D eigenvalue weighted by atomic mass is 9.88. The van der Waals surface area contributed by atoms with Crippen LogP contribution >= 0.6 is 0 Å². The van der Waals surface area contributed by atoms with Crippen molar-refractivity contribution >= 4 is 6.29 Å². The first-order chi connectivity index (χ1) is 9.03. The smallest absolute Gasteiger partial charge is 0.156 e. The number of aldehydes is 1. The number of hydrogen-bond acceptors (Lipinski definition) is 4. The van der Waals surface area contributed by atoms with Crippen LogP contribution in [0.15, 0.2) is 48.5 Å². The van der Waals surface area contributed by atoms with E-state index in [1.54, 1.807) is 12.1 Å². The second-order valence-electron chi connectivity index (χ2n) is 4.43. The van der Waals surface area contributed by atoms with Gasteiger partial charge >= 0.3 is 0 Å². The van der Waals surface area contributed by atoms with E-state index in [4.69, 9.17) is 0 Å². The van der Waals surface area contributed by atoms with Crippen molar-refractivity contribution in [2.45, 2.75) is 12.0 Å². The Balaban J connectivity index is 2.29. The minimum atomic E-state index is -1.65. The summed E-state index contributed by atoms with van der Waals surface area (Å²) >= 11 is 0. The number of phenols is 2. The van der Waals surface area contributed by atoms with Crippen molar-refractivity contribution in [1.29, 1.82) is 0 Å². The molecule has 0 fully saturated rings. The standard InChI is InChI=1S/C15H14O4/c16-10-15(19,12-3-7-14(18)8-4-12)9-11-1-5-13(17)6-2-11/h1-8,10,17-19H,9H2. The van der Waals surface area contributed by atoms with Crippen molar-refractivity contribution in [2.24, 2.45) is 0 Å². The first-order valence-corrected chi connectivity index (χ1v) is 5.80. The normalized spacial score (nSPS) is 13.7. The molecule has 2 aromatic carbocycles. The number of benzene rings is 2. The van der Waals surface area contributed by atoms with Crippen LogP contribution in [-0.2, 0) is 16.8 Å². The van der Waals surface area contributed by atoms with Gasteiger partial charge in [0.25, 0.3) is 0 Å². The molecule has 98 valence electrons. The predicted octanol–water partition coefficient (Wildman–Crippen LogP) is 1.73. The molecule has 4 nitrogen and oxygen atoms in total. The molecule has 0 radical (unpaired) electrons. The molecule has 0 aromatic heterocycles. The summed E-state index contributed by atoms with van der Waals surface area (Å²) in [7, 11) is 0. The lowest BCUT2D eigenvalue weighted by Gasteiger charge is -2.22. The summed E-state index contributed by atoms with van der Waals surface area (Å²) in [6.07, 6.45) is 0.577. The lowest BCUT2D eigenvalue weighted by Crippen LogP contribution is -2.30. The number of aliphatic hydroxyl groups is 1. The van der Waals surface area contributed by atoms with Crippen LogP contribution in [0.2, 0.25) is 0 Å². The zero-order valence-corrected chi connectivity index (χ0v) is 10.2. The van der Waals surface area contributed by atoms with Gasteiger partial charge in [-0.05, 0) is 35.4 Å². The molecular weight excluding hydrogens is 244 g/mol. The Hall–Kier alpha value is -2.33. The van der Waals surface area contributed by atoms with Gasteiger partial charge in [-0.2, -0.15) is 0 Å². The van der Waals surface area contributed by atoms with Crippen LogP contribution in [0.5, 0.6) is 11.5 Å². The van der Waals surface area contributed by atoms with Crippen molar-refractivity contribution in [3.8, 4) is 11.5 Å². The highest BCUT2D eigenvalue weighted by molar-refractivity contribution is 5.66. The van der Waals surface area contributed by atoms with E-state index in [9.17, 15) is 20.1 Å². The van der Waals surface area contributed by atoms with E-state index in [-0.39, 0.29) is 17.9 Å². The van der Waals surface area contributed by atoms with E-state index in [0.717, 1.165) is 5.56 Å². The molecule has 0 saturated carbocycles. The van der Waals surface area contributed by atoms with Gasteiger partial charge in [-0.25, -0.2) is 0 Å². The second-order valence-corrected chi connectivity index (χ2v) is 4.43. The summed E-state index contributed by atoms with van der Waals surface area (Å²) in [4.78, 5) is 11.2. The van der Waals surface area contributed by atoms with Gasteiger partial charge in [0, 0.05) is 6.42 Å². The molecular formula is C15H14O4. The minimum Gasteiger partial charge on any atom is -0.508 e. The molecule has 0 aliphatic carbocycles. The van der Waals surface area contributed by atoms with Gasteiger partial charge in [0.2, 0.25) is 0 Å². The number of carbonyl (C=O) groups is 1. The Morgan fingerprint density at radius 1 is 0.895 bits per heavy atom. The van der Waals surface area contributed by atoms with Gasteiger partial charge in [-0.1, -0.05) is 24.3 Å². The summed E-state index contributed by atoms with van der Waals surface area (Å²) in [5.41, 5.74) is -0.515. The second kappa shape index (κ2) is 5.12. The maximum Gasteiger partial charge on any atom is 0.156 e. The van der Waals surface area contributed by atoms with Crippen LogP contribution in [0.1, 0.15) is 11.1 Å². The van der Waals surface area contributed by atoms with Gasteiger partial charge in [0.15, 0.2) is 6.29 Å². The molecule has 1 unspecified atom stereocenters. The van der Waals surface area contributed by atoms with E-state index in [1.165, 1.54) is 36.4 Å². The monoisotopic (exact) mass is 258 g/mol. The van der Waals surface area contributed by atoms with E-state index in [1.807, 2.05) is 0 Å². The van der Waals surface area contributed by atoms with Gasteiger partial charge in [0.05, 0.1) is 0 Å². The SMILES string of the molecule is O=CC(O)(Cc1ccc(O)cc1)c1ccc(O)cc1. The zero-order chi connectivity index (χ0) is 13.9. The average Bonchev–Trinajstić information content (AvgIpc) is 2.42. The molecule has 0 bridgehead atoms. The van der Waals surface area contributed by atoms with Crippen LogP contribution in [0.4, 0.5) is 0 Å². The maximum absolute atomic E-state index is 11.2. The summed E-state index contributed by atoms with van der Waals surface area (Å²) < 4.78 is 0. The Labute approximate surface area is 110 Å². The number of phenolic OH excluding ortho intramolecular Hbond substituents is 2. The molecule has 0 heterocycles. The molecule has 3 N–H and O–H groups in total. The van der Waals surface area contributed by atoms with Crippen molar-refractivity contribution < 1.29 is 20.1 Å². The summed E-state index contributed by atoms with van der Waals surface area (Å²) in [6.45, 7) is 0. The molecule has 1 atom stereocenters. The minimum absolute atomic E-state index is 0.0710. The Morgan fingerprint density at radius 2 is 1.37 bits per heavy atom. The summed E-state index contributed by atoms with van der Waals surface area (Å²) in [5, 5.41) is 28.8. The summed E-state index contributed by atoms with van der Waals surface area (Å²) in [5.74, 6) is 0.199. The van der Waals surface area contributed by atoms with E-state index >= 15 is 0 Å². The Kier molecular flexibility index (Phi) is 3.53. The lowest BCUT2D eigenvalue weighted by molar-refractivity contribution is -0.124. The van der Waals surface area contributed by atoms with Gasteiger partial charge < -0.3 is 15.3 Å². The zero-order valence-electron chi connectivity index (χ0n) is 10.2. The third-order valence-electron chi connectivity index (χ3n) is 2.97.